The van der Waals surface area contributed by atoms with Crippen LogP contribution in [0.5, 0.6) is 0 Å². The monoisotopic (exact) mass is 238 g/mol. The van der Waals surface area contributed by atoms with E-state index in [4.69, 9.17) is 5.73 Å². The molecule has 0 radical (unpaired) electrons. The van der Waals surface area contributed by atoms with E-state index in [9.17, 15) is 8.42 Å². The first kappa shape index (κ1) is 12.7. The first-order valence-corrected chi connectivity index (χ1v) is 6.14. The van der Waals surface area contributed by atoms with Crippen molar-refractivity contribution in [2.45, 2.75) is 4.90 Å². The van der Waals surface area contributed by atoms with Gasteiger partial charge in [-0.2, -0.15) is 0 Å². The Morgan fingerprint density at radius 3 is 2.62 bits per heavy atom. The lowest BCUT2D eigenvalue weighted by atomic mass is 10.2. The van der Waals surface area contributed by atoms with Gasteiger partial charge in [-0.05, 0) is 18.2 Å². The number of hydrogen-bond donors (Lipinski definition) is 1. The Labute approximate surface area is 96.1 Å². The van der Waals surface area contributed by atoms with Gasteiger partial charge in [0.05, 0.1) is 11.4 Å². The number of rotatable bonds is 2. The molecule has 2 N–H and O–H groups in total. The van der Waals surface area contributed by atoms with Crippen LogP contribution in [0.15, 0.2) is 29.2 Å². The molecule has 1 aromatic rings. The van der Waals surface area contributed by atoms with Crippen molar-refractivity contribution in [1.29, 1.82) is 0 Å². The maximum absolute atomic E-state index is 11.8. The zero-order valence-corrected chi connectivity index (χ0v) is 10.1. The summed E-state index contributed by atoms with van der Waals surface area (Å²) >= 11 is 0. The second-order valence-electron chi connectivity index (χ2n) is 3.32. The van der Waals surface area contributed by atoms with Gasteiger partial charge in [-0.15, -0.1) is 0 Å². The van der Waals surface area contributed by atoms with E-state index in [1.165, 1.54) is 24.5 Å². The van der Waals surface area contributed by atoms with Gasteiger partial charge in [0.25, 0.3) is 0 Å². The van der Waals surface area contributed by atoms with Crippen molar-refractivity contribution >= 4 is 10.0 Å². The third-order valence-electron chi connectivity index (χ3n) is 1.95. The lowest BCUT2D eigenvalue weighted by molar-refractivity contribution is 0.520. The molecule has 1 aromatic carbocycles. The van der Waals surface area contributed by atoms with Crippen LogP contribution in [0, 0.1) is 11.8 Å². The van der Waals surface area contributed by atoms with Gasteiger partial charge in [0.1, 0.15) is 0 Å². The molecule has 4 nitrogen and oxygen atoms in total. The van der Waals surface area contributed by atoms with E-state index in [2.05, 4.69) is 11.8 Å². The van der Waals surface area contributed by atoms with Crippen molar-refractivity contribution in [3.8, 4) is 11.8 Å². The summed E-state index contributed by atoms with van der Waals surface area (Å²) in [7, 11) is -0.403. The Hall–Kier alpha value is -1.35. The van der Waals surface area contributed by atoms with Crippen LogP contribution in [-0.2, 0) is 10.0 Å². The smallest absolute Gasteiger partial charge is 0.242 e. The SMILES string of the molecule is CN(C)S(=O)(=O)c1cccc(C#CCN)c1. The van der Waals surface area contributed by atoms with Crippen LogP contribution >= 0.6 is 0 Å². The molecular weight excluding hydrogens is 224 g/mol. The molecule has 0 aliphatic rings. The van der Waals surface area contributed by atoms with Gasteiger partial charge in [-0.1, -0.05) is 17.9 Å². The minimum absolute atomic E-state index is 0.237. The van der Waals surface area contributed by atoms with Crippen molar-refractivity contribution < 1.29 is 8.42 Å². The van der Waals surface area contributed by atoms with Crippen LogP contribution in [0.4, 0.5) is 0 Å². The van der Waals surface area contributed by atoms with Gasteiger partial charge < -0.3 is 5.73 Å². The normalized spacial score (nSPS) is 11.0. The summed E-state index contributed by atoms with van der Waals surface area (Å²) in [6.45, 7) is 0.255. The fourth-order valence-corrected chi connectivity index (χ4v) is 2.05. The molecule has 0 aromatic heterocycles. The fourth-order valence-electron chi connectivity index (χ4n) is 1.10. The number of hydrogen-bond acceptors (Lipinski definition) is 3. The molecule has 0 saturated heterocycles. The predicted octanol–water partition coefficient (Wildman–Crippen LogP) is 0.247. The van der Waals surface area contributed by atoms with E-state index >= 15 is 0 Å². The van der Waals surface area contributed by atoms with Gasteiger partial charge in [-0.25, -0.2) is 12.7 Å². The molecular formula is C11H14N2O2S. The van der Waals surface area contributed by atoms with Crippen molar-refractivity contribution in [3.63, 3.8) is 0 Å². The summed E-state index contributed by atoms with van der Waals surface area (Å²) in [5.41, 5.74) is 5.89. The Balaban J connectivity index is 3.18. The third kappa shape index (κ3) is 2.83. The maximum atomic E-state index is 11.8. The molecule has 0 heterocycles. The first-order valence-electron chi connectivity index (χ1n) is 4.70. The van der Waals surface area contributed by atoms with Crippen LogP contribution in [0.25, 0.3) is 0 Å². The highest BCUT2D eigenvalue weighted by Gasteiger charge is 2.16. The van der Waals surface area contributed by atoms with Gasteiger partial charge >= 0.3 is 0 Å². The molecule has 0 amide bonds. The lowest BCUT2D eigenvalue weighted by Crippen LogP contribution is -2.22. The van der Waals surface area contributed by atoms with Gasteiger partial charge in [0.2, 0.25) is 10.0 Å². The Kier molecular flexibility index (Phi) is 4.07. The highest BCUT2D eigenvalue weighted by Crippen LogP contribution is 2.14. The summed E-state index contributed by atoms with van der Waals surface area (Å²) < 4.78 is 24.8. The molecule has 0 unspecified atom stereocenters. The summed E-state index contributed by atoms with van der Waals surface area (Å²) in [5, 5.41) is 0. The predicted molar refractivity (Wildman–Crippen MR) is 63.2 cm³/mol. The Morgan fingerprint density at radius 1 is 1.38 bits per heavy atom. The van der Waals surface area contributed by atoms with Crippen LogP contribution in [0.3, 0.4) is 0 Å². The topological polar surface area (TPSA) is 63.4 Å². The van der Waals surface area contributed by atoms with E-state index in [0.29, 0.717) is 5.56 Å². The summed E-state index contributed by atoms with van der Waals surface area (Å²) in [6, 6.07) is 6.50. The largest absolute Gasteiger partial charge is 0.320 e. The first-order chi connectivity index (χ1) is 7.48. The summed E-state index contributed by atoms with van der Waals surface area (Å²) in [5.74, 6) is 5.48. The second-order valence-corrected chi connectivity index (χ2v) is 5.47. The van der Waals surface area contributed by atoms with Crippen molar-refractivity contribution in [1.82, 2.24) is 4.31 Å². The van der Waals surface area contributed by atoms with Crippen molar-refractivity contribution in [2.24, 2.45) is 5.73 Å². The average molecular weight is 238 g/mol. The molecule has 0 bridgehead atoms. The zero-order valence-electron chi connectivity index (χ0n) is 9.27. The lowest BCUT2D eigenvalue weighted by Gasteiger charge is -2.11. The number of nitrogens with two attached hydrogens (primary N) is 1. The Bertz CT molecular complexity index is 524. The van der Waals surface area contributed by atoms with Gasteiger partial charge in [0, 0.05) is 19.7 Å². The van der Waals surface area contributed by atoms with Crippen LogP contribution in [0.1, 0.15) is 5.56 Å². The number of benzene rings is 1. The second kappa shape index (κ2) is 5.12. The van der Waals surface area contributed by atoms with E-state index in [1.807, 2.05) is 0 Å². The third-order valence-corrected chi connectivity index (χ3v) is 3.76. The quantitative estimate of drug-likeness (QED) is 0.751. The minimum atomic E-state index is -3.39. The fraction of sp³-hybridized carbons (Fsp3) is 0.273. The standard InChI is InChI=1S/C11H14N2O2S/c1-13(2)16(14,15)11-7-3-5-10(9-11)6-4-8-12/h3,5,7,9H,8,12H2,1-2H3. The zero-order chi connectivity index (χ0) is 12.2. The minimum Gasteiger partial charge on any atom is -0.320 e. The van der Waals surface area contributed by atoms with Crippen LogP contribution in [0.2, 0.25) is 0 Å². The van der Waals surface area contributed by atoms with Crippen molar-refractivity contribution in [2.75, 3.05) is 20.6 Å². The molecule has 16 heavy (non-hydrogen) atoms. The van der Waals surface area contributed by atoms with Gasteiger partial charge in [-0.3, -0.25) is 0 Å². The highest BCUT2D eigenvalue weighted by molar-refractivity contribution is 7.89. The van der Waals surface area contributed by atoms with E-state index in [-0.39, 0.29) is 11.4 Å². The maximum Gasteiger partial charge on any atom is 0.242 e. The molecule has 5 heteroatoms. The average Bonchev–Trinajstić information content (AvgIpc) is 2.26. The van der Waals surface area contributed by atoms with Crippen LogP contribution in [-0.4, -0.2) is 33.4 Å². The van der Waals surface area contributed by atoms with E-state index in [0.717, 1.165) is 0 Å². The number of sulfonamides is 1. The molecule has 0 aliphatic carbocycles. The molecule has 1 rings (SSSR count). The summed E-state index contributed by atoms with van der Waals surface area (Å²) in [6.07, 6.45) is 0. The number of nitrogens with zero attached hydrogens (tertiary/aromatic N) is 1. The molecule has 0 atom stereocenters. The molecule has 0 aliphatic heterocycles. The molecule has 0 saturated carbocycles. The molecule has 0 fully saturated rings. The molecule has 0 spiro atoms. The van der Waals surface area contributed by atoms with Crippen LogP contribution < -0.4 is 5.73 Å². The molecule has 86 valence electrons. The Morgan fingerprint density at radius 2 is 2.06 bits per heavy atom. The van der Waals surface area contributed by atoms with Gasteiger partial charge in [0.15, 0.2) is 0 Å². The highest BCUT2D eigenvalue weighted by atomic mass is 32.2. The van der Waals surface area contributed by atoms with E-state index in [1.54, 1.807) is 18.2 Å². The van der Waals surface area contributed by atoms with E-state index < -0.39 is 10.0 Å². The van der Waals surface area contributed by atoms with Crippen molar-refractivity contribution in [3.05, 3.63) is 29.8 Å². The summed E-state index contributed by atoms with van der Waals surface area (Å²) in [4.78, 5) is 0.237.